The molecular weight excluding hydrogens is 390 g/mol. The monoisotopic (exact) mass is 417 g/mol. The molecule has 31 heavy (non-hydrogen) atoms. The predicted molar refractivity (Wildman–Crippen MR) is 122 cm³/mol. The highest BCUT2D eigenvalue weighted by Gasteiger charge is 2.24. The van der Waals surface area contributed by atoms with Gasteiger partial charge in [-0.1, -0.05) is 12.1 Å². The minimum atomic E-state index is 0.0156. The van der Waals surface area contributed by atoms with E-state index in [1.807, 2.05) is 61.2 Å². The number of anilines is 3. The molecule has 2 aromatic carbocycles. The topological polar surface area (TPSA) is 70.6 Å². The number of rotatable bonds is 5. The number of nitrogens with zero attached hydrogens (tertiary/aromatic N) is 4. The highest BCUT2D eigenvalue weighted by molar-refractivity contribution is 6.00. The molecule has 7 heteroatoms. The van der Waals surface area contributed by atoms with Crippen molar-refractivity contribution in [2.45, 2.75) is 13.8 Å². The molecule has 0 bridgehead atoms. The SMILES string of the molecule is COc1ccc(N2CCN(C(=O)c3ccccc3Nc3nc(C)cc(C)n3)CC2)cc1. The Morgan fingerprint density at radius 2 is 1.58 bits per heavy atom. The predicted octanol–water partition coefficient (Wildman–Crippen LogP) is 3.81. The van der Waals surface area contributed by atoms with E-state index in [0.29, 0.717) is 24.6 Å². The molecule has 1 aliphatic rings. The summed E-state index contributed by atoms with van der Waals surface area (Å²) in [7, 11) is 1.67. The Hall–Kier alpha value is -3.61. The number of para-hydroxylation sites is 1. The lowest BCUT2D eigenvalue weighted by Gasteiger charge is -2.36. The summed E-state index contributed by atoms with van der Waals surface area (Å²) >= 11 is 0. The van der Waals surface area contributed by atoms with E-state index in [1.165, 1.54) is 0 Å². The van der Waals surface area contributed by atoms with Gasteiger partial charge in [-0.2, -0.15) is 0 Å². The van der Waals surface area contributed by atoms with Crippen molar-refractivity contribution in [1.82, 2.24) is 14.9 Å². The standard InChI is InChI=1S/C24H27N5O2/c1-17-16-18(2)26-24(25-17)27-22-7-5-4-6-21(22)23(30)29-14-12-28(13-15-29)19-8-10-20(31-3)11-9-19/h4-11,16H,12-15H2,1-3H3,(H,25,26,27). The molecule has 3 aromatic rings. The Morgan fingerprint density at radius 1 is 0.935 bits per heavy atom. The van der Waals surface area contributed by atoms with Crippen molar-refractivity contribution >= 4 is 23.2 Å². The third-order valence-corrected chi connectivity index (χ3v) is 5.39. The maximum atomic E-state index is 13.3. The molecule has 1 aliphatic heterocycles. The van der Waals surface area contributed by atoms with Gasteiger partial charge in [-0.25, -0.2) is 9.97 Å². The summed E-state index contributed by atoms with van der Waals surface area (Å²) in [6.07, 6.45) is 0. The van der Waals surface area contributed by atoms with Crippen LogP contribution in [0.25, 0.3) is 0 Å². The van der Waals surface area contributed by atoms with Crippen molar-refractivity contribution in [2.75, 3.05) is 43.5 Å². The van der Waals surface area contributed by atoms with E-state index < -0.39 is 0 Å². The van der Waals surface area contributed by atoms with Crippen molar-refractivity contribution in [1.29, 1.82) is 0 Å². The number of carbonyl (C=O) groups is 1. The maximum absolute atomic E-state index is 13.3. The molecule has 0 unspecified atom stereocenters. The Balaban J connectivity index is 1.45. The largest absolute Gasteiger partial charge is 0.497 e. The fourth-order valence-electron chi connectivity index (χ4n) is 3.81. The number of ether oxygens (including phenoxy) is 1. The number of hydrogen-bond acceptors (Lipinski definition) is 6. The first kappa shape index (κ1) is 20.7. The second-order valence-corrected chi connectivity index (χ2v) is 7.62. The molecule has 1 aromatic heterocycles. The number of nitrogens with one attached hydrogen (secondary N) is 1. The summed E-state index contributed by atoms with van der Waals surface area (Å²) < 4.78 is 5.23. The van der Waals surface area contributed by atoms with Crippen LogP contribution in [0.3, 0.4) is 0 Å². The second-order valence-electron chi connectivity index (χ2n) is 7.62. The lowest BCUT2D eigenvalue weighted by Crippen LogP contribution is -2.48. The first-order valence-electron chi connectivity index (χ1n) is 10.4. The zero-order valence-corrected chi connectivity index (χ0v) is 18.1. The molecule has 1 fully saturated rings. The number of hydrogen-bond donors (Lipinski definition) is 1. The van der Waals surface area contributed by atoms with Crippen LogP contribution in [-0.2, 0) is 0 Å². The van der Waals surface area contributed by atoms with Crippen LogP contribution in [0.2, 0.25) is 0 Å². The number of aromatic nitrogens is 2. The van der Waals surface area contributed by atoms with Gasteiger partial charge in [0, 0.05) is 43.3 Å². The fourth-order valence-corrected chi connectivity index (χ4v) is 3.81. The summed E-state index contributed by atoms with van der Waals surface area (Å²) in [6, 6.07) is 17.5. The lowest BCUT2D eigenvalue weighted by molar-refractivity contribution is 0.0748. The Bertz CT molecular complexity index is 1040. The molecule has 0 aliphatic carbocycles. The highest BCUT2D eigenvalue weighted by atomic mass is 16.5. The van der Waals surface area contributed by atoms with Gasteiger partial charge in [0.25, 0.3) is 5.91 Å². The molecule has 0 saturated carbocycles. The number of amides is 1. The summed E-state index contributed by atoms with van der Waals surface area (Å²) in [5.74, 6) is 1.36. The third kappa shape index (κ3) is 4.77. The molecule has 2 heterocycles. The fraction of sp³-hybridized carbons (Fsp3) is 0.292. The number of aryl methyl sites for hydroxylation is 2. The molecule has 0 spiro atoms. The van der Waals surface area contributed by atoms with Gasteiger partial charge in [-0.15, -0.1) is 0 Å². The van der Waals surface area contributed by atoms with E-state index in [-0.39, 0.29) is 5.91 Å². The lowest BCUT2D eigenvalue weighted by atomic mass is 10.1. The van der Waals surface area contributed by atoms with Gasteiger partial charge >= 0.3 is 0 Å². The molecule has 160 valence electrons. The first-order valence-corrected chi connectivity index (χ1v) is 10.4. The number of methoxy groups -OCH3 is 1. The van der Waals surface area contributed by atoms with Gasteiger partial charge in [0.1, 0.15) is 5.75 Å². The van der Waals surface area contributed by atoms with Crippen LogP contribution in [0.15, 0.2) is 54.6 Å². The zero-order valence-electron chi connectivity index (χ0n) is 18.1. The van der Waals surface area contributed by atoms with Crippen LogP contribution in [0, 0.1) is 13.8 Å². The number of piperazine rings is 1. The van der Waals surface area contributed by atoms with Crippen molar-refractivity contribution in [3.8, 4) is 5.75 Å². The van der Waals surface area contributed by atoms with Gasteiger partial charge in [0.15, 0.2) is 0 Å². The molecule has 0 radical (unpaired) electrons. The van der Waals surface area contributed by atoms with Gasteiger partial charge in [-0.05, 0) is 56.3 Å². The van der Waals surface area contributed by atoms with E-state index in [1.54, 1.807) is 7.11 Å². The zero-order chi connectivity index (χ0) is 21.8. The van der Waals surface area contributed by atoms with Crippen molar-refractivity contribution in [3.63, 3.8) is 0 Å². The summed E-state index contributed by atoms with van der Waals surface area (Å²) in [4.78, 5) is 26.3. The minimum Gasteiger partial charge on any atom is -0.497 e. The molecule has 1 amide bonds. The van der Waals surface area contributed by atoms with E-state index in [2.05, 4.69) is 32.3 Å². The quantitative estimate of drug-likeness (QED) is 0.681. The van der Waals surface area contributed by atoms with Crippen molar-refractivity contribution < 1.29 is 9.53 Å². The average Bonchev–Trinajstić information content (AvgIpc) is 2.78. The smallest absolute Gasteiger partial charge is 0.256 e. The number of benzene rings is 2. The van der Waals surface area contributed by atoms with E-state index in [4.69, 9.17) is 4.74 Å². The normalized spacial score (nSPS) is 13.8. The van der Waals surface area contributed by atoms with Gasteiger partial charge in [0.2, 0.25) is 5.95 Å². The molecule has 4 rings (SSSR count). The van der Waals surface area contributed by atoms with Gasteiger partial charge < -0.3 is 19.9 Å². The van der Waals surface area contributed by atoms with Crippen LogP contribution < -0.4 is 15.0 Å². The van der Waals surface area contributed by atoms with Crippen LogP contribution in [0.4, 0.5) is 17.3 Å². The van der Waals surface area contributed by atoms with Crippen LogP contribution >= 0.6 is 0 Å². The Morgan fingerprint density at radius 3 is 2.23 bits per heavy atom. The summed E-state index contributed by atoms with van der Waals surface area (Å²) in [5, 5.41) is 3.23. The van der Waals surface area contributed by atoms with Crippen molar-refractivity contribution in [2.24, 2.45) is 0 Å². The minimum absolute atomic E-state index is 0.0156. The van der Waals surface area contributed by atoms with Gasteiger partial charge in [0.05, 0.1) is 18.4 Å². The van der Waals surface area contributed by atoms with Crippen molar-refractivity contribution in [3.05, 3.63) is 71.5 Å². The van der Waals surface area contributed by atoms with E-state index >= 15 is 0 Å². The van der Waals surface area contributed by atoms with Gasteiger partial charge in [-0.3, -0.25) is 4.79 Å². The third-order valence-electron chi connectivity index (χ3n) is 5.39. The molecule has 1 saturated heterocycles. The Labute approximate surface area is 182 Å². The second kappa shape index (κ2) is 9.04. The number of carbonyl (C=O) groups excluding carboxylic acids is 1. The summed E-state index contributed by atoms with van der Waals surface area (Å²) in [6.45, 7) is 6.76. The van der Waals surface area contributed by atoms with Crippen LogP contribution in [0.5, 0.6) is 5.75 Å². The Kier molecular flexibility index (Phi) is 6.02. The highest BCUT2D eigenvalue weighted by Crippen LogP contribution is 2.24. The molecule has 0 atom stereocenters. The maximum Gasteiger partial charge on any atom is 0.256 e. The van der Waals surface area contributed by atoms with E-state index in [0.717, 1.165) is 41.6 Å². The first-order chi connectivity index (χ1) is 15.0. The average molecular weight is 418 g/mol. The van der Waals surface area contributed by atoms with Crippen LogP contribution in [-0.4, -0.2) is 54.1 Å². The molecule has 1 N–H and O–H groups in total. The van der Waals surface area contributed by atoms with E-state index in [9.17, 15) is 4.79 Å². The summed E-state index contributed by atoms with van der Waals surface area (Å²) in [5.41, 5.74) is 4.25. The molecular formula is C24H27N5O2. The molecule has 7 nitrogen and oxygen atoms in total. The van der Waals surface area contributed by atoms with Crippen LogP contribution in [0.1, 0.15) is 21.7 Å².